The standard InChI is InChI=1S/C17H20N4O.C2H2O4/c1-11-15(13-7-3-4-8-14(13)18-11)16-19-17(22-20-16)12-6-5-9-21(2)10-12;3-1(4)2(5)6/h3-4,7-8,12,18H,5-6,9-10H2,1-2H3;(H,3,4)(H,5,6). The summed E-state index contributed by atoms with van der Waals surface area (Å²) in [5.74, 6) is -1.83. The molecule has 1 fully saturated rings. The van der Waals surface area contributed by atoms with Gasteiger partial charge in [0.15, 0.2) is 0 Å². The maximum absolute atomic E-state index is 9.10. The van der Waals surface area contributed by atoms with Gasteiger partial charge in [-0.15, -0.1) is 0 Å². The second-order valence-corrected chi connectivity index (χ2v) is 6.84. The van der Waals surface area contributed by atoms with Crippen molar-refractivity contribution in [2.24, 2.45) is 0 Å². The monoisotopic (exact) mass is 386 g/mol. The first-order valence-corrected chi connectivity index (χ1v) is 8.93. The number of benzene rings is 1. The molecule has 3 heterocycles. The third-order valence-electron chi connectivity index (χ3n) is 4.72. The van der Waals surface area contributed by atoms with Crippen molar-refractivity contribution in [1.82, 2.24) is 20.0 Å². The fourth-order valence-electron chi connectivity index (χ4n) is 3.44. The van der Waals surface area contributed by atoms with E-state index in [-0.39, 0.29) is 0 Å². The summed E-state index contributed by atoms with van der Waals surface area (Å²) < 4.78 is 5.58. The highest BCUT2D eigenvalue weighted by atomic mass is 16.5. The number of aryl methyl sites for hydroxylation is 1. The normalized spacial score (nSPS) is 17.1. The van der Waals surface area contributed by atoms with Crippen LogP contribution in [-0.2, 0) is 9.59 Å². The lowest BCUT2D eigenvalue weighted by atomic mass is 9.98. The summed E-state index contributed by atoms with van der Waals surface area (Å²) in [7, 11) is 2.15. The molecule has 0 spiro atoms. The number of aromatic nitrogens is 3. The van der Waals surface area contributed by atoms with Gasteiger partial charge in [0.25, 0.3) is 0 Å². The fourth-order valence-corrected chi connectivity index (χ4v) is 3.44. The van der Waals surface area contributed by atoms with Gasteiger partial charge in [0.05, 0.1) is 11.5 Å². The summed E-state index contributed by atoms with van der Waals surface area (Å²) in [4.78, 5) is 28.6. The number of carbonyl (C=O) groups is 2. The Morgan fingerprint density at radius 1 is 1.25 bits per heavy atom. The zero-order valence-electron chi connectivity index (χ0n) is 15.7. The third-order valence-corrected chi connectivity index (χ3v) is 4.72. The van der Waals surface area contributed by atoms with Crippen LogP contribution in [0.15, 0.2) is 28.8 Å². The van der Waals surface area contributed by atoms with Gasteiger partial charge >= 0.3 is 11.9 Å². The topological polar surface area (TPSA) is 133 Å². The van der Waals surface area contributed by atoms with Crippen LogP contribution >= 0.6 is 0 Å². The number of hydrogen-bond donors (Lipinski definition) is 3. The highest BCUT2D eigenvalue weighted by molar-refractivity contribution is 6.27. The van der Waals surface area contributed by atoms with Gasteiger partial charge in [-0.1, -0.05) is 23.4 Å². The zero-order chi connectivity index (χ0) is 20.3. The molecule has 0 bridgehead atoms. The van der Waals surface area contributed by atoms with Crippen LogP contribution in [0.25, 0.3) is 22.3 Å². The van der Waals surface area contributed by atoms with Crippen molar-refractivity contribution in [1.29, 1.82) is 0 Å². The minimum Gasteiger partial charge on any atom is -0.473 e. The maximum atomic E-state index is 9.10. The molecule has 3 aromatic rings. The first-order chi connectivity index (χ1) is 13.4. The number of fused-ring (bicyclic) bond motifs is 1. The number of H-pyrrole nitrogens is 1. The van der Waals surface area contributed by atoms with E-state index < -0.39 is 11.9 Å². The molecule has 9 nitrogen and oxygen atoms in total. The van der Waals surface area contributed by atoms with Gasteiger partial charge in [-0.2, -0.15) is 4.98 Å². The maximum Gasteiger partial charge on any atom is 0.414 e. The number of piperidine rings is 1. The molecule has 9 heteroatoms. The number of hydrogen-bond acceptors (Lipinski definition) is 6. The molecule has 4 rings (SSSR count). The molecular weight excluding hydrogens is 364 g/mol. The Kier molecular flexibility index (Phi) is 5.74. The van der Waals surface area contributed by atoms with Gasteiger partial charge in [-0.25, -0.2) is 9.59 Å². The molecule has 1 unspecified atom stereocenters. The minimum atomic E-state index is -1.82. The largest absolute Gasteiger partial charge is 0.473 e. The van der Waals surface area contributed by atoms with E-state index in [0.717, 1.165) is 47.6 Å². The van der Waals surface area contributed by atoms with Crippen LogP contribution in [0, 0.1) is 6.92 Å². The predicted molar refractivity (Wildman–Crippen MR) is 101 cm³/mol. The third kappa shape index (κ3) is 4.20. The number of para-hydroxylation sites is 1. The smallest absolute Gasteiger partial charge is 0.414 e. The summed E-state index contributed by atoms with van der Waals surface area (Å²) >= 11 is 0. The van der Waals surface area contributed by atoms with E-state index in [1.807, 2.05) is 12.1 Å². The van der Waals surface area contributed by atoms with E-state index in [1.54, 1.807) is 0 Å². The van der Waals surface area contributed by atoms with Crippen LogP contribution in [0.3, 0.4) is 0 Å². The number of nitrogens with zero attached hydrogens (tertiary/aromatic N) is 3. The van der Waals surface area contributed by atoms with E-state index in [2.05, 4.69) is 41.1 Å². The van der Waals surface area contributed by atoms with Crippen molar-refractivity contribution in [2.75, 3.05) is 20.1 Å². The van der Waals surface area contributed by atoms with E-state index >= 15 is 0 Å². The van der Waals surface area contributed by atoms with Crippen LogP contribution in [0.2, 0.25) is 0 Å². The van der Waals surface area contributed by atoms with Crippen molar-refractivity contribution >= 4 is 22.8 Å². The number of likely N-dealkylation sites (tertiary alicyclic amines) is 1. The molecule has 0 saturated carbocycles. The molecule has 3 N–H and O–H groups in total. The van der Waals surface area contributed by atoms with Gasteiger partial charge in [0.1, 0.15) is 0 Å². The SMILES string of the molecule is Cc1[nH]c2ccccc2c1-c1noc(C2CCCN(C)C2)n1.O=C(O)C(=O)O. The number of rotatable bonds is 2. The molecular formula is C19H22N4O5. The average molecular weight is 386 g/mol. The molecule has 1 atom stereocenters. The average Bonchev–Trinajstić information content (AvgIpc) is 3.25. The zero-order valence-corrected chi connectivity index (χ0v) is 15.7. The molecule has 0 aliphatic carbocycles. The van der Waals surface area contributed by atoms with Crippen LogP contribution in [0.1, 0.15) is 30.3 Å². The van der Waals surface area contributed by atoms with Gasteiger partial charge in [0.2, 0.25) is 11.7 Å². The van der Waals surface area contributed by atoms with Crippen molar-refractivity contribution in [3.63, 3.8) is 0 Å². The highest BCUT2D eigenvalue weighted by Crippen LogP contribution is 2.32. The molecule has 28 heavy (non-hydrogen) atoms. The van der Waals surface area contributed by atoms with Gasteiger partial charge in [-0.3, -0.25) is 0 Å². The lowest BCUT2D eigenvalue weighted by Crippen LogP contribution is -2.30. The minimum absolute atomic E-state index is 0.352. The lowest BCUT2D eigenvalue weighted by molar-refractivity contribution is -0.159. The Hall–Kier alpha value is -3.20. The van der Waals surface area contributed by atoms with E-state index in [1.165, 1.54) is 6.42 Å². The summed E-state index contributed by atoms with van der Waals surface area (Å²) in [6.45, 7) is 4.20. The molecule has 0 amide bonds. The molecule has 1 saturated heterocycles. The Labute approximate surface area is 161 Å². The van der Waals surface area contributed by atoms with Crippen molar-refractivity contribution in [2.45, 2.75) is 25.7 Å². The Morgan fingerprint density at radius 2 is 1.96 bits per heavy atom. The number of aromatic amines is 1. The lowest BCUT2D eigenvalue weighted by Gasteiger charge is -2.27. The second kappa shape index (κ2) is 8.22. The van der Waals surface area contributed by atoms with Crippen molar-refractivity contribution < 1.29 is 24.3 Å². The molecule has 1 aliphatic heterocycles. The van der Waals surface area contributed by atoms with Crippen molar-refractivity contribution in [3.8, 4) is 11.4 Å². The van der Waals surface area contributed by atoms with Gasteiger partial charge in [0, 0.05) is 23.1 Å². The first kappa shape index (κ1) is 19.6. The fraction of sp³-hybridized carbons (Fsp3) is 0.368. The molecule has 1 aliphatic rings. The number of aliphatic carboxylic acids is 2. The Morgan fingerprint density at radius 3 is 2.64 bits per heavy atom. The quantitative estimate of drug-likeness (QED) is 0.572. The summed E-state index contributed by atoms with van der Waals surface area (Å²) in [6.07, 6.45) is 2.31. The number of carboxylic acid groups (broad SMARTS) is 2. The van der Waals surface area contributed by atoms with Crippen LogP contribution in [0.4, 0.5) is 0 Å². The molecule has 148 valence electrons. The number of carboxylic acids is 2. The molecule has 2 aromatic heterocycles. The van der Waals surface area contributed by atoms with Crippen molar-refractivity contribution in [3.05, 3.63) is 35.9 Å². The van der Waals surface area contributed by atoms with Crippen LogP contribution < -0.4 is 0 Å². The Balaban J connectivity index is 0.000000330. The van der Waals surface area contributed by atoms with Gasteiger partial charge in [-0.05, 0) is 39.4 Å². The van der Waals surface area contributed by atoms with E-state index in [9.17, 15) is 0 Å². The number of nitrogens with one attached hydrogen (secondary N) is 1. The predicted octanol–water partition coefficient (Wildman–Crippen LogP) is 2.49. The summed E-state index contributed by atoms with van der Waals surface area (Å²) in [5, 5.41) is 20.2. The van der Waals surface area contributed by atoms with Crippen LogP contribution in [0.5, 0.6) is 0 Å². The van der Waals surface area contributed by atoms with Gasteiger partial charge < -0.3 is 24.6 Å². The first-order valence-electron chi connectivity index (χ1n) is 8.93. The molecule has 1 aromatic carbocycles. The Bertz CT molecular complexity index is 981. The summed E-state index contributed by atoms with van der Waals surface area (Å²) in [5.41, 5.74) is 3.24. The summed E-state index contributed by atoms with van der Waals surface area (Å²) in [6, 6.07) is 8.24. The highest BCUT2D eigenvalue weighted by Gasteiger charge is 2.25. The second-order valence-electron chi connectivity index (χ2n) is 6.84. The van der Waals surface area contributed by atoms with Crippen LogP contribution in [-0.4, -0.2) is 62.3 Å². The van der Waals surface area contributed by atoms with E-state index in [4.69, 9.17) is 29.3 Å². The van der Waals surface area contributed by atoms with E-state index in [0.29, 0.717) is 11.7 Å². The number of likely N-dealkylation sites (N-methyl/N-ethyl adjacent to an activating group) is 1. The molecule has 0 radical (unpaired) electrons.